The molecular formula is C61H89N9O29. The molecule has 38 heteroatoms. The van der Waals surface area contributed by atoms with E-state index < -0.39 is 250 Å². The number of rotatable bonds is 35. The second-order valence-electron chi connectivity index (χ2n) is 24.3. The van der Waals surface area contributed by atoms with Crippen molar-refractivity contribution in [3.05, 3.63) is 71.8 Å². The van der Waals surface area contributed by atoms with Gasteiger partial charge < -0.3 is 138 Å². The number of ether oxygens (including phenoxy) is 6. The van der Waals surface area contributed by atoms with E-state index in [-0.39, 0.29) is 12.8 Å². The summed E-state index contributed by atoms with van der Waals surface area (Å²) in [5.41, 5.74) is 6.38. The van der Waals surface area contributed by atoms with Gasteiger partial charge in [0, 0.05) is 40.0 Å². The van der Waals surface area contributed by atoms with Gasteiger partial charge in [-0.1, -0.05) is 74.5 Å². The van der Waals surface area contributed by atoms with Gasteiger partial charge in [-0.15, -0.1) is 0 Å². The maximum Gasteiger partial charge on any atom is 0.364 e. The Balaban J connectivity index is 1.37. The highest BCUT2D eigenvalue weighted by molar-refractivity contribution is 5.98. The first-order valence-corrected chi connectivity index (χ1v) is 31.3. The van der Waals surface area contributed by atoms with Crippen molar-refractivity contribution in [3.8, 4) is 0 Å². The highest BCUT2D eigenvalue weighted by Gasteiger charge is 2.60. The Hall–Kier alpha value is -8.03. The minimum atomic E-state index is -3.23. The van der Waals surface area contributed by atoms with Crippen molar-refractivity contribution in [1.29, 1.82) is 0 Å². The van der Waals surface area contributed by atoms with E-state index in [1.165, 1.54) is 20.8 Å². The molecule has 5 rings (SSSR count). The zero-order chi connectivity index (χ0) is 73.9. The summed E-state index contributed by atoms with van der Waals surface area (Å²) in [6.07, 6.45) is -31.7. The van der Waals surface area contributed by atoms with Crippen LogP contribution >= 0.6 is 0 Å². The lowest BCUT2D eigenvalue weighted by Gasteiger charge is -2.51. The summed E-state index contributed by atoms with van der Waals surface area (Å²) in [6.45, 7) is 2.49. The number of nitrogens with one attached hydrogen (secondary N) is 8. The molecule has 2 aromatic rings. The number of aliphatic hydroxyl groups is 10. The van der Waals surface area contributed by atoms with Gasteiger partial charge in [-0.2, -0.15) is 0 Å². The van der Waals surface area contributed by atoms with Crippen molar-refractivity contribution in [2.24, 2.45) is 11.7 Å². The van der Waals surface area contributed by atoms with E-state index in [1.807, 2.05) is 0 Å². The van der Waals surface area contributed by atoms with Crippen LogP contribution in [-0.2, 0) is 94.0 Å². The largest absolute Gasteiger partial charge is 0.480 e. The van der Waals surface area contributed by atoms with Crippen LogP contribution < -0.4 is 48.3 Å². The predicted octanol–water partition coefficient (Wildman–Crippen LogP) is -9.64. The van der Waals surface area contributed by atoms with E-state index in [9.17, 15) is 114 Å². The van der Waals surface area contributed by atoms with Crippen LogP contribution in [-0.4, -0.2) is 293 Å². The van der Waals surface area contributed by atoms with Gasteiger partial charge >= 0.3 is 11.9 Å². The van der Waals surface area contributed by atoms with Crippen LogP contribution in [0, 0.1) is 5.92 Å². The molecule has 23 atom stereocenters. The van der Waals surface area contributed by atoms with Crippen molar-refractivity contribution < 1.29 is 142 Å². The molecule has 0 saturated carbocycles. The fourth-order valence-electron chi connectivity index (χ4n) is 11.1. The number of aliphatic carboxylic acids is 2. The molecule has 9 amide bonds. The van der Waals surface area contributed by atoms with Crippen LogP contribution in [0.5, 0.6) is 0 Å². The van der Waals surface area contributed by atoms with E-state index in [2.05, 4.69) is 42.5 Å². The van der Waals surface area contributed by atoms with Crippen molar-refractivity contribution in [2.75, 3.05) is 26.4 Å². The molecule has 0 radical (unpaired) electrons. The SMILES string of the molecule is CC(=O)N[C@H]1[C@@H](O[C@H](C)[C@H](NC(C)=O)C(=O)N[C@H](C(=O)N[C@@H](CO)C(=O)N[C@@H](Cc2ccccc2)C(=O)N[C@@H](CC(N)=O)C(=O)N[C@@H](Cc2ccccc2)C(=O)O)C(C)C)O[C@H](CO)[C@H](O)[C@@H]1O[C@@H]1O[C@H](CO)[C@H](O)[C@H](O[C@]2(C(=O)O)C[C@H](O)[C@@H](NC(C)=O)[C@H]([C@H](O)[C@H](O)CO)O2)[C@H]1O. The summed E-state index contributed by atoms with van der Waals surface area (Å²) in [5.74, 6) is -17.1. The first-order chi connectivity index (χ1) is 46.6. The third-order valence-corrected chi connectivity index (χ3v) is 16.2. The number of hydrogen-bond donors (Lipinski definition) is 21. The van der Waals surface area contributed by atoms with Gasteiger partial charge in [-0.3, -0.25) is 43.2 Å². The lowest BCUT2D eigenvalue weighted by Crippen LogP contribution is -2.71. The van der Waals surface area contributed by atoms with Crippen LogP contribution in [0.3, 0.4) is 0 Å². The molecule has 3 fully saturated rings. The molecule has 3 aliphatic rings. The number of carbonyl (C=O) groups excluding carboxylic acids is 9. The summed E-state index contributed by atoms with van der Waals surface area (Å²) >= 11 is 0. The number of primary amides is 1. The second kappa shape index (κ2) is 37.4. The summed E-state index contributed by atoms with van der Waals surface area (Å²) < 4.78 is 35.1. The van der Waals surface area contributed by atoms with E-state index in [1.54, 1.807) is 60.7 Å². The minimum Gasteiger partial charge on any atom is -0.480 e. The van der Waals surface area contributed by atoms with Gasteiger partial charge in [0.25, 0.3) is 5.79 Å². The fraction of sp³-hybridized carbons (Fsp3) is 0.623. The van der Waals surface area contributed by atoms with Crippen LogP contribution in [0.1, 0.15) is 65.5 Å². The quantitative estimate of drug-likeness (QED) is 0.0305. The molecule has 552 valence electrons. The first-order valence-electron chi connectivity index (χ1n) is 31.3. The first kappa shape index (κ1) is 81.6. The number of carbonyl (C=O) groups is 11. The number of amides is 9. The Morgan fingerprint density at radius 3 is 1.56 bits per heavy atom. The maximum atomic E-state index is 14.5. The van der Waals surface area contributed by atoms with Gasteiger partial charge in [-0.05, 0) is 24.0 Å². The Morgan fingerprint density at radius 1 is 0.576 bits per heavy atom. The number of carboxylic acid groups (broad SMARTS) is 2. The molecule has 22 N–H and O–H groups in total. The van der Waals surface area contributed by atoms with E-state index in [0.29, 0.717) is 11.1 Å². The average molecular weight is 1410 g/mol. The monoisotopic (exact) mass is 1410 g/mol. The van der Waals surface area contributed by atoms with Crippen molar-refractivity contribution in [2.45, 2.75) is 207 Å². The van der Waals surface area contributed by atoms with Crippen LogP contribution in [0.15, 0.2) is 60.7 Å². The smallest absolute Gasteiger partial charge is 0.364 e. The van der Waals surface area contributed by atoms with Crippen molar-refractivity contribution >= 4 is 65.1 Å². The normalized spacial score (nSPS) is 28.1. The molecule has 0 aromatic heterocycles. The number of nitrogens with two attached hydrogens (primary N) is 1. The standard InChI is InChI=1S/C61H89N9O29/c1-25(2)41(55(88)69-35(21-71)54(87)66-32(17-30-13-9-7-10-14-30)52(85)67-33(19-40(62)80)53(86)68-34(57(90)91)18-31-15-11-8-12-16-31)70-56(89)42(63-27(4)75)26(3)94-58-44(65-29(6)77)49(46(82)38(23-73)95-58)97-59-48(84)51(47(83)39(24-74)96-59)99-61(60(92)93)20-36(78)43(64-28(5)76)50(98-61)45(81)37(79)22-72/h7-16,25-26,32-39,41-51,58-59,71-74,78-79,81-84H,17-24H2,1-6H3,(H2,62,80)(H,63,75)(H,64,76)(H,65,77)(H,66,87)(H,67,85)(H,68,86)(H,69,88)(H,70,89)(H,90,91)(H,92,93)/t26-,32+,33+,34+,35+,36+,37-,38-,39-,41+,42+,43-,44-,45-,46+,47+,48-,49-,50-,51+,58+,59+,61+/m1/s1. The lowest BCUT2D eigenvalue weighted by atomic mass is 9.88. The number of carboxylic acids is 2. The highest BCUT2D eigenvalue weighted by atomic mass is 16.8. The molecular weight excluding hydrogens is 1320 g/mol. The molecule has 38 nitrogen and oxygen atoms in total. The van der Waals surface area contributed by atoms with E-state index >= 15 is 0 Å². The van der Waals surface area contributed by atoms with E-state index in [4.69, 9.17) is 34.2 Å². The van der Waals surface area contributed by atoms with Crippen LogP contribution in [0.4, 0.5) is 0 Å². The average Bonchev–Trinajstić information content (AvgIpc) is 0.756. The summed E-state index contributed by atoms with van der Waals surface area (Å²) in [6, 6.07) is 2.25. The maximum absolute atomic E-state index is 14.5. The fourth-order valence-corrected chi connectivity index (χ4v) is 11.1. The Kier molecular flexibility index (Phi) is 30.9. The zero-order valence-electron chi connectivity index (χ0n) is 54.6. The molecule has 3 aliphatic heterocycles. The summed E-state index contributed by atoms with van der Waals surface area (Å²) in [4.78, 5) is 146. The van der Waals surface area contributed by atoms with Crippen molar-refractivity contribution in [1.82, 2.24) is 42.5 Å². The topological polar surface area (TPSA) is 608 Å². The molecule has 0 spiro atoms. The third-order valence-electron chi connectivity index (χ3n) is 16.2. The van der Waals surface area contributed by atoms with Gasteiger partial charge in [0.1, 0.15) is 103 Å². The minimum absolute atomic E-state index is 0.200. The lowest BCUT2D eigenvalue weighted by molar-refractivity contribution is -0.382. The van der Waals surface area contributed by atoms with Gasteiger partial charge in [0.05, 0.1) is 51.1 Å². The Bertz CT molecular complexity index is 3090. The molecule has 0 bridgehead atoms. The van der Waals surface area contributed by atoms with Gasteiger partial charge in [0.15, 0.2) is 12.6 Å². The van der Waals surface area contributed by atoms with Crippen molar-refractivity contribution in [3.63, 3.8) is 0 Å². The molecule has 3 heterocycles. The van der Waals surface area contributed by atoms with Gasteiger partial charge in [-0.25, -0.2) is 9.59 Å². The molecule has 3 saturated heterocycles. The molecule has 0 unspecified atom stereocenters. The summed E-state index contributed by atoms with van der Waals surface area (Å²) in [7, 11) is 0. The van der Waals surface area contributed by atoms with Crippen LogP contribution in [0.25, 0.3) is 0 Å². The summed E-state index contributed by atoms with van der Waals surface area (Å²) in [5, 5.41) is 148. The predicted molar refractivity (Wildman–Crippen MR) is 331 cm³/mol. The molecule has 0 aliphatic carbocycles. The second-order valence-corrected chi connectivity index (χ2v) is 24.3. The molecule has 99 heavy (non-hydrogen) atoms. The Morgan fingerprint density at radius 2 is 1.06 bits per heavy atom. The third kappa shape index (κ3) is 22.2. The number of hydrogen-bond acceptors (Lipinski definition) is 27. The van der Waals surface area contributed by atoms with E-state index in [0.717, 1.165) is 20.8 Å². The van der Waals surface area contributed by atoms with Crippen LogP contribution in [0.2, 0.25) is 0 Å². The highest BCUT2D eigenvalue weighted by Crippen LogP contribution is 2.39. The number of aliphatic hydroxyl groups excluding tert-OH is 10. The van der Waals surface area contributed by atoms with Gasteiger partial charge in [0.2, 0.25) is 53.2 Å². The Labute approximate surface area is 565 Å². The number of benzene rings is 2. The zero-order valence-corrected chi connectivity index (χ0v) is 54.6. The molecule has 2 aromatic carbocycles.